The number of benzene rings is 1. The minimum atomic E-state index is -0.291. The second-order valence-electron chi connectivity index (χ2n) is 4.28. The molecule has 21 heavy (non-hydrogen) atoms. The molecule has 3 aromatic rings. The first-order valence-electron chi connectivity index (χ1n) is 6.20. The first-order chi connectivity index (χ1) is 10.2. The zero-order valence-corrected chi connectivity index (χ0v) is 11.6. The van der Waals surface area contributed by atoms with E-state index in [1.54, 1.807) is 24.3 Å². The minimum absolute atomic E-state index is 0.213. The smallest absolute Gasteiger partial charge is 0.312 e. The zero-order chi connectivity index (χ0) is 14.7. The fraction of sp³-hybridized carbons (Fsp3) is 0.0667. The van der Waals surface area contributed by atoms with Crippen molar-refractivity contribution in [2.75, 3.05) is 0 Å². The Balaban J connectivity index is 1.73. The molecule has 0 aliphatic rings. The van der Waals surface area contributed by atoms with E-state index in [2.05, 4.69) is 9.98 Å². The average molecular weight is 303 g/mol. The van der Waals surface area contributed by atoms with Gasteiger partial charge in [-0.15, -0.1) is 0 Å². The van der Waals surface area contributed by atoms with Crippen molar-refractivity contribution < 1.29 is 13.9 Å². The molecule has 0 bridgehead atoms. The SMILES string of the molecule is Oc1oc(-c2ccco2)nc1C=NCc1ccc(Cl)cc1. The Labute approximate surface area is 125 Å². The first-order valence-corrected chi connectivity index (χ1v) is 6.58. The van der Waals surface area contributed by atoms with Crippen LogP contribution in [0.1, 0.15) is 11.3 Å². The second-order valence-corrected chi connectivity index (χ2v) is 4.72. The van der Waals surface area contributed by atoms with Crippen molar-refractivity contribution in [1.82, 2.24) is 4.98 Å². The van der Waals surface area contributed by atoms with Crippen molar-refractivity contribution in [1.29, 1.82) is 0 Å². The van der Waals surface area contributed by atoms with Crippen LogP contribution in [-0.2, 0) is 6.54 Å². The number of aliphatic imine (C=N–C) groups is 1. The summed E-state index contributed by atoms with van der Waals surface area (Å²) in [5.41, 5.74) is 1.26. The van der Waals surface area contributed by atoms with Gasteiger partial charge in [-0.05, 0) is 29.8 Å². The number of hydrogen-bond acceptors (Lipinski definition) is 5. The molecule has 0 amide bonds. The molecule has 2 heterocycles. The summed E-state index contributed by atoms with van der Waals surface area (Å²) in [5, 5.41) is 10.4. The fourth-order valence-corrected chi connectivity index (χ4v) is 1.87. The first kappa shape index (κ1) is 13.5. The van der Waals surface area contributed by atoms with Crippen LogP contribution in [-0.4, -0.2) is 16.3 Å². The van der Waals surface area contributed by atoms with Gasteiger partial charge in [0, 0.05) is 5.02 Å². The Hall–Kier alpha value is -2.53. The van der Waals surface area contributed by atoms with Crippen LogP contribution in [0.4, 0.5) is 0 Å². The number of oxazole rings is 1. The predicted molar refractivity (Wildman–Crippen MR) is 78.6 cm³/mol. The number of furan rings is 1. The van der Waals surface area contributed by atoms with Gasteiger partial charge in [-0.2, -0.15) is 0 Å². The molecule has 0 radical (unpaired) electrons. The summed E-state index contributed by atoms with van der Waals surface area (Å²) < 4.78 is 10.3. The number of aromatic nitrogens is 1. The average Bonchev–Trinajstić information content (AvgIpc) is 3.11. The maximum absolute atomic E-state index is 9.68. The molecular weight excluding hydrogens is 292 g/mol. The number of nitrogens with zero attached hydrogens (tertiary/aromatic N) is 2. The topological polar surface area (TPSA) is 71.8 Å². The van der Waals surface area contributed by atoms with Crippen LogP contribution in [0.2, 0.25) is 5.02 Å². The molecule has 0 fully saturated rings. The highest BCUT2D eigenvalue weighted by molar-refractivity contribution is 6.30. The van der Waals surface area contributed by atoms with Gasteiger partial charge in [0.25, 0.3) is 5.89 Å². The monoisotopic (exact) mass is 302 g/mol. The maximum Gasteiger partial charge on any atom is 0.312 e. The molecule has 3 rings (SSSR count). The molecule has 0 aliphatic carbocycles. The molecule has 0 saturated heterocycles. The summed E-state index contributed by atoms with van der Waals surface area (Å²) in [5.74, 6) is 0.370. The number of aromatic hydroxyl groups is 1. The van der Waals surface area contributed by atoms with Crippen LogP contribution >= 0.6 is 11.6 Å². The summed E-state index contributed by atoms with van der Waals surface area (Å²) in [7, 11) is 0. The molecule has 106 valence electrons. The van der Waals surface area contributed by atoms with E-state index in [9.17, 15) is 5.11 Å². The molecule has 0 saturated carbocycles. The second kappa shape index (κ2) is 5.85. The molecule has 6 heteroatoms. The van der Waals surface area contributed by atoms with Crippen molar-refractivity contribution in [3.8, 4) is 17.6 Å². The highest BCUT2D eigenvalue weighted by Gasteiger charge is 2.13. The van der Waals surface area contributed by atoms with E-state index >= 15 is 0 Å². The zero-order valence-electron chi connectivity index (χ0n) is 10.9. The number of hydrogen-bond donors (Lipinski definition) is 1. The van der Waals surface area contributed by atoms with Gasteiger partial charge in [0.1, 0.15) is 0 Å². The van der Waals surface area contributed by atoms with Gasteiger partial charge in [-0.25, -0.2) is 4.98 Å². The van der Waals surface area contributed by atoms with Crippen molar-refractivity contribution in [3.05, 3.63) is 58.9 Å². The molecule has 5 nitrogen and oxygen atoms in total. The molecule has 0 atom stereocenters. The van der Waals surface area contributed by atoms with Crippen LogP contribution in [0.25, 0.3) is 11.7 Å². The lowest BCUT2D eigenvalue weighted by molar-refractivity contribution is 0.333. The van der Waals surface area contributed by atoms with Gasteiger partial charge in [-0.3, -0.25) is 4.99 Å². The third kappa shape index (κ3) is 3.14. The molecule has 0 spiro atoms. The Morgan fingerprint density at radius 3 is 2.76 bits per heavy atom. The van der Waals surface area contributed by atoms with Gasteiger partial charge in [-0.1, -0.05) is 23.7 Å². The summed E-state index contributed by atoms with van der Waals surface area (Å²) in [6, 6.07) is 10.8. The Bertz CT molecular complexity index is 746. The molecular formula is C15H11ClN2O3. The Morgan fingerprint density at radius 1 is 1.24 bits per heavy atom. The van der Waals surface area contributed by atoms with Crippen LogP contribution in [0.5, 0.6) is 5.95 Å². The van der Waals surface area contributed by atoms with Gasteiger partial charge in [0.15, 0.2) is 11.5 Å². The molecule has 2 aromatic heterocycles. The quantitative estimate of drug-likeness (QED) is 0.742. The van der Waals surface area contributed by atoms with E-state index in [4.69, 9.17) is 20.4 Å². The van der Waals surface area contributed by atoms with E-state index in [1.165, 1.54) is 12.5 Å². The van der Waals surface area contributed by atoms with Crippen LogP contribution < -0.4 is 0 Å². The lowest BCUT2D eigenvalue weighted by atomic mass is 10.2. The van der Waals surface area contributed by atoms with Crippen molar-refractivity contribution in [2.24, 2.45) is 4.99 Å². The summed E-state index contributed by atoms with van der Waals surface area (Å²) in [6.45, 7) is 0.458. The van der Waals surface area contributed by atoms with Gasteiger partial charge < -0.3 is 13.9 Å². The van der Waals surface area contributed by atoms with Crippen molar-refractivity contribution >= 4 is 17.8 Å². The Morgan fingerprint density at radius 2 is 2.05 bits per heavy atom. The molecule has 1 aromatic carbocycles. The van der Waals surface area contributed by atoms with E-state index in [-0.39, 0.29) is 17.5 Å². The van der Waals surface area contributed by atoms with Crippen molar-refractivity contribution in [3.63, 3.8) is 0 Å². The highest BCUT2D eigenvalue weighted by atomic mass is 35.5. The highest BCUT2D eigenvalue weighted by Crippen LogP contribution is 2.25. The molecule has 1 N–H and O–H groups in total. The molecule has 0 aliphatic heterocycles. The largest absolute Gasteiger partial charge is 0.479 e. The number of halogens is 1. The van der Waals surface area contributed by atoms with E-state index in [0.717, 1.165) is 5.56 Å². The third-order valence-corrected chi connectivity index (χ3v) is 3.02. The lowest BCUT2D eigenvalue weighted by Crippen LogP contribution is -1.85. The maximum atomic E-state index is 9.68. The van der Waals surface area contributed by atoms with Crippen LogP contribution in [0, 0.1) is 0 Å². The van der Waals surface area contributed by atoms with E-state index in [1.807, 2.05) is 12.1 Å². The normalized spacial score (nSPS) is 11.3. The summed E-state index contributed by atoms with van der Waals surface area (Å²) >= 11 is 5.81. The van der Waals surface area contributed by atoms with Crippen LogP contribution in [0.15, 0.2) is 56.5 Å². The number of rotatable bonds is 4. The van der Waals surface area contributed by atoms with Crippen LogP contribution in [0.3, 0.4) is 0 Å². The Kier molecular flexibility index (Phi) is 3.75. The van der Waals surface area contributed by atoms with E-state index in [0.29, 0.717) is 17.3 Å². The summed E-state index contributed by atoms with van der Waals surface area (Å²) in [4.78, 5) is 8.33. The fourth-order valence-electron chi connectivity index (χ4n) is 1.74. The molecule has 0 unspecified atom stereocenters. The third-order valence-electron chi connectivity index (χ3n) is 2.77. The minimum Gasteiger partial charge on any atom is -0.479 e. The van der Waals surface area contributed by atoms with Crippen molar-refractivity contribution in [2.45, 2.75) is 6.54 Å². The van der Waals surface area contributed by atoms with Gasteiger partial charge >= 0.3 is 5.95 Å². The van der Waals surface area contributed by atoms with E-state index < -0.39 is 0 Å². The van der Waals surface area contributed by atoms with Gasteiger partial charge in [0.2, 0.25) is 0 Å². The van der Waals surface area contributed by atoms with Gasteiger partial charge in [0.05, 0.1) is 19.0 Å². The lowest BCUT2D eigenvalue weighted by Gasteiger charge is -1.95. The predicted octanol–water partition coefficient (Wildman–Crippen LogP) is 3.91. The standard InChI is InChI=1S/C15H11ClN2O3/c16-11-5-3-10(4-6-11)8-17-9-12-15(19)21-14(18-12)13-2-1-7-20-13/h1-7,9,19H,8H2. The summed E-state index contributed by atoms with van der Waals surface area (Å²) in [6.07, 6.45) is 2.96.